The molecule has 0 radical (unpaired) electrons. The van der Waals surface area contributed by atoms with Crippen LogP contribution >= 0.6 is 11.8 Å². The van der Waals surface area contributed by atoms with E-state index in [1.165, 1.54) is 17.8 Å². The molecule has 0 aliphatic carbocycles. The van der Waals surface area contributed by atoms with E-state index in [-0.39, 0.29) is 17.3 Å². The van der Waals surface area contributed by atoms with Gasteiger partial charge in [-0.2, -0.15) is 0 Å². The van der Waals surface area contributed by atoms with Crippen LogP contribution in [0.15, 0.2) is 41.3 Å². The average molecular weight is 308 g/mol. The molecule has 0 aliphatic heterocycles. The first kappa shape index (κ1) is 15.3. The lowest BCUT2D eigenvalue weighted by atomic mass is 10.2. The third-order valence-electron chi connectivity index (χ3n) is 2.77. The number of benzene rings is 2. The van der Waals surface area contributed by atoms with Crippen LogP contribution in [0.3, 0.4) is 0 Å². The van der Waals surface area contributed by atoms with Gasteiger partial charge in [-0.05, 0) is 36.8 Å². The van der Waals surface area contributed by atoms with Gasteiger partial charge in [0.25, 0.3) is 0 Å². The Morgan fingerprint density at radius 2 is 1.95 bits per heavy atom. The van der Waals surface area contributed by atoms with Gasteiger partial charge in [0.15, 0.2) is 11.6 Å². The maximum absolute atomic E-state index is 13.0. The molecule has 6 heteroatoms. The number of hydrogen-bond acceptors (Lipinski definition) is 3. The molecule has 0 bridgehead atoms. The van der Waals surface area contributed by atoms with E-state index in [1.54, 1.807) is 12.1 Å². The number of aryl methyl sites for hydroxylation is 1. The molecule has 2 rings (SSSR count). The van der Waals surface area contributed by atoms with Crippen molar-refractivity contribution in [2.45, 2.75) is 11.8 Å². The number of rotatable bonds is 4. The molecule has 0 atom stereocenters. The molecule has 0 spiro atoms. The Balaban J connectivity index is 1.95. The molecule has 0 saturated heterocycles. The van der Waals surface area contributed by atoms with Crippen LogP contribution in [0.2, 0.25) is 0 Å². The van der Waals surface area contributed by atoms with Crippen LogP contribution in [0.1, 0.15) is 5.56 Å². The van der Waals surface area contributed by atoms with Gasteiger partial charge in [-0.1, -0.05) is 6.07 Å². The molecular formula is C15H14F2N2OS. The predicted octanol–water partition coefficient (Wildman–Crippen LogP) is 3.59. The topological polar surface area (TPSA) is 55.1 Å². The predicted molar refractivity (Wildman–Crippen MR) is 81.3 cm³/mol. The molecule has 0 aromatic heterocycles. The number of thioether (sulfide) groups is 1. The molecule has 2 aromatic carbocycles. The van der Waals surface area contributed by atoms with Gasteiger partial charge in [-0.3, -0.25) is 4.79 Å². The number of hydrogen-bond donors (Lipinski definition) is 2. The second-order valence-corrected chi connectivity index (χ2v) is 5.51. The van der Waals surface area contributed by atoms with Crippen LogP contribution in [-0.4, -0.2) is 11.7 Å². The Kier molecular flexibility index (Phi) is 4.80. The monoisotopic (exact) mass is 308 g/mol. The average Bonchev–Trinajstić information content (AvgIpc) is 2.44. The highest BCUT2D eigenvalue weighted by Crippen LogP contribution is 2.24. The molecule has 0 saturated carbocycles. The van der Waals surface area contributed by atoms with E-state index in [2.05, 4.69) is 5.32 Å². The lowest BCUT2D eigenvalue weighted by Gasteiger charge is -2.08. The van der Waals surface area contributed by atoms with Crippen LogP contribution in [0.4, 0.5) is 20.2 Å². The minimum Gasteiger partial charge on any atom is -0.399 e. The second kappa shape index (κ2) is 6.58. The van der Waals surface area contributed by atoms with Crippen molar-refractivity contribution in [3.05, 3.63) is 53.6 Å². The number of carbonyl (C=O) groups excluding carboxylic acids is 1. The first-order chi connectivity index (χ1) is 9.95. The van der Waals surface area contributed by atoms with E-state index in [0.717, 1.165) is 22.6 Å². The van der Waals surface area contributed by atoms with E-state index in [4.69, 9.17) is 5.73 Å². The van der Waals surface area contributed by atoms with Gasteiger partial charge in [0.05, 0.1) is 5.75 Å². The number of amides is 1. The normalized spacial score (nSPS) is 10.4. The van der Waals surface area contributed by atoms with Gasteiger partial charge in [-0.25, -0.2) is 8.78 Å². The van der Waals surface area contributed by atoms with Crippen molar-refractivity contribution in [1.82, 2.24) is 0 Å². The maximum atomic E-state index is 13.0. The quantitative estimate of drug-likeness (QED) is 0.670. The van der Waals surface area contributed by atoms with Crippen LogP contribution in [0.5, 0.6) is 0 Å². The fourth-order valence-electron chi connectivity index (χ4n) is 1.69. The van der Waals surface area contributed by atoms with Crippen molar-refractivity contribution in [1.29, 1.82) is 0 Å². The molecule has 0 aliphatic rings. The van der Waals surface area contributed by atoms with Crippen molar-refractivity contribution < 1.29 is 13.6 Å². The summed E-state index contributed by atoms with van der Waals surface area (Å²) in [5, 5.41) is 2.52. The van der Waals surface area contributed by atoms with E-state index < -0.39 is 11.6 Å². The van der Waals surface area contributed by atoms with E-state index in [9.17, 15) is 13.6 Å². The van der Waals surface area contributed by atoms with Crippen LogP contribution in [-0.2, 0) is 4.79 Å². The Labute approximate surface area is 125 Å². The minimum absolute atomic E-state index is 0.156. The third-order valence-corrected chi connectivity index (χ3v) is 3.93. The summed E-state index contributed by atoms with van der Waals surface area (Å²) in [6.07, 6.45) is 0. The Morgan fingerprint density at radius 1 is 1.19 bits per heavy atom. The molecule has 2 aromatic rings. The number of nitrogens with one attached hydrogen (secondary N) is 1. The van der Waals surface area contributed by atoms with Gasteiger partial charge in [0.2, 0.25) is 5.91 Å². The SMILES string of the molecule is Cc1ccc(N)cc1SCC(=O)Nc1ccc(F)c(F)c1. The largest absolute Gasteiger partial charge is 0.399 e. The van der Waals surface area contributed by atoms with Crippen molar-refractivity contribution in [2.75, 3.05) is 16.8 Å². The lowest BCUT2D eigenvalue weighted by molar-refractivity contribution is -0.113. The number of nitrogen functional groups attached to an aromatic ring is 1. The zero-order valence-electron chi connectivity index (χ0n) is 11.3. The standard InChI is InChI=1S/C15H14F2N2OS/c1-9-2-3-10(18)6-14(9)21-8-15(20)19-11-4-5-12(16)13(17)7-11/h2-7H,8,18H2,1H3,(H,19,20). The number of carbonyl (C=O) groups is 1. The Hall–Kier alpha value is -2.08. The highest BCUT2D eigenvalue weighted by Gasteiger charge is 2.08. The van der Waals surface area contributed by atoms with Crippen molar-refractivity contribution in [3.8, 4) is 0 Å². The molecule has 21 heavy (non-hydrogen) atoms. The highest BCUT2D eigenvalue weighted by molar-refractivity contribution is 8.00. The zero-order chi connectivity index (χ0) is 15.4. The summed E-state index contributed by atoms with van der Waals surface area (Å²) in [6.45, 7) is 1.93. The summed E-state index contributed by atoms with van der Waals surface area (Å²) in [4.78, 5) is 12.7. The maximum Gasteiger partial charge on any atom is 0.234 e. The Morgan fingerprint density at radius 3 is 2.67 bits per heavy atom. The van der Waals surface area contributed by atoms with E-state index >= 15 is 0 Å². The summed E-state index contributed by atoms with van der Waals surface area (Å²) in [7, 11) is 0. The summed E-state index contributed by atoms with van der Waals surface area (Å²) >= 11 is 1.34. The lowest BCUT2D eigenvalue weighted by Crippen LogP contribution is -2.14. The van der Waals surface area contributed by atoms with Crippen LogP contribution in [0.25, 0.3) is 0 Å². The third kappa shape index (κ3) is 4.19. The molecule has 0 heterocycles. The van der Waals surface area contributed by atoms with Gasteiger partial charge in [-0.15, -0.1) is 11.8 Å². The van der Waals surface area contributed by atoms with Crippen LogP contribution in [0, 0.1) is 18.6 Å². The highest BCUT2D eigenvalue weighted by atomic mass is 32.2. The number of nitrogens with two attached hydrogens (primary N) is 1. The van der Waals surface area contributed by atoms with Gasteiger partial charge in [0, 0.05) is 22.3 Å². The summed E-state index contributed by atoms with van der Waals surface area (Å²) < 4.78 is 25.8. The zero-order valence-corrected chi connectivity index (χ0v) is 12.1. The second-order valence-electron chi connectivity index (χ2n) is 4.49. The van der Waals surface area contributed by atoms with E-state index in [0.29, 0.717) is 5.69 Å². The number of halogens is 2. The van der Waals surface area contributed by atoms with Crippen molar-refractivity contribution in [3.63, 3.8) is 0 Å². The fourth-order valence-corrected chi connectivity index (χ4v) is 2.56. The molecular weight excluding hydrogens is 294 g/mol. The Bertz CT molecular complexity index is 677. The van der Waals surface area contributed by atoms with Crippen molar-refractivity contribution in [2.24, 2.45) is 0 Å². The van der Waals surface area contributed by atoms with Gasteiger partial charge >= 0.3 is 0 Å². The summed E-state index contributed by atoms with van der Waals surface area (Å²) in [6, 6.07) is 8.70. The molecule has 1 amide bonds. The first-order valence-electron chi connectivity index (χ1n) is 6.19. The number of anilines is 2. The van der Waals surface area contributed by atoms with Crippen LogP contribution < -0.4 is 11.1 Å². The molecule has 3 nitrogen and oxygen atoms in total. The summed E-state index contributed by atoms with van der Waals surface area (Å²) in [5.74, 6) is -2.08. The molecule has 0 fully saturated rings. The van der Waals surface area contributed by atoms with Gasteiger partial charge in [0.1, 0.15) is 0 Å². The molecule has 3 N–H and O–H groups in total. The van der Waals surface area contributed by atoms with Crippen molar-refractivity contribution >= 4 is 29.0 Å². The fraction of sp³-hybridized carbons (Fsp3) is 0.133. The first-order valence-corrected chi connectivity index (χ1v) is 7.18. The minimum atomic E-state index is -0.993. The molecule has 0 unspecified atom stereocenters. The van der Waals surface area contributed by atoms with Gasteiger partial charge < -0.3 is 11.1 Å². The smallest absolute Gasteiger partial charge is 0.234 e. The van der Waals surface area contributed by atoms with E-state index in [1.807, 2.05) is 13.0 Å². The molecule has 110 valence electrons. The summed E-state index contributed by atoms with van der Waals surface area (Å²) in [5.41, 5.74) is 7.57.